The van der Waals surface area contributed by atoms with E-state index in [9.17, 15) is 0 Å². The number of hydrogen-bond donors (Lipinski definition) is 1. The average molecular weight is 266 g/mol. The van der Waals surface area contributed by atoms with Gasteiger partial charge < -0.3 is 9.84 Å². The van der Waals surface area contributed by atoms with Crippen molar-refractivity contribution in [2.45, 2.75) is 6.10 Å². The highest BCUT2D eigenvalue weighted by atomic mass is 79.9. The maximum atomic E-state index is 9.14. The molecule has 0 aliphatic carbocycles. The van der Waals surface area contributed by atoms with E-state index in [2.05, 4.69) is 15.9 Å². The predicted molar refractivity (Wildman–Crippen MR) is 56.4 cm³/mol. The highest BCUT2D eigenvalue weighted by molar-refractivity contribution is 9.10. The molecule has 0 heterocycles. The molecule has 13 heavy (non-hydrogen) atoms. The molecule has 72 valence electrons. The first-order chi connectivity index (χ1) is 6.24. The quantitative estimate of drug-likeness (QED) is 0.847. The van der Waals surface area contributed by atoms with Crippen LogP contribution in [0.3, 0.4) is 0 Å². The van der Waals surface area contributed by atoms with E-state index in [-0.39, 0.29) is 12.5 Å². The first-order valence-corrected chi connectivity index (χ1v) is 5.18. The number of aliphatic hydroxyl groups is 1. The Morgan fingerprint density at radius 1 is 1.46 bits per heavy atom. The Morgan fingerprint density at radius 3 is 2.77 bits per heavy atom. The molecule has 0 saturated heterocycles. The third-order valence-electron chi connectivity index (χ3n) is 1.45. The summed E-state index contributed by atoms with van der Waals surface area (Å²) in [5.41, 5.74) is 0. The summed E-state index contributed by atoms with van der Waals surface area (Å²) in [6, 6.07) is 7.47. The lowest BCUT2D eigenvalue weighted by Gasteiger charge is -2.10. The number of hydrogen-bond acceptors (Lipinski definition) is 2. The molecule has 2 nitrogen and oxygen atoms in total. The highest BCUT2D eigenvalue weighted by Crippen LogP contribution is 2.23. The number of halogens is 2. The number of ether oxygens (including phenoxy) is 1. The lowest BCUT2D eigenvalue weighted by molar-refractivity contribution is 0.125. The second-order valence-electron chi connectivity index (χ2n) is 2.55. The Labute approximate surface area is 90.6 Å². The van der Waals surface area contributed by atoms with Crippen LogP contribution in [-0.4, -0.2) is 23.7 Å². The standard InChI is InChI=1S/C9H10BrClO2/c10-8-3-1-2-4-9(8)13-6-7(12)5-11/h1-4,7,12H,5-6H2. The monoisotopic (exact) mass is 264 g/mol. The van der Waals surface area contributed by atoms with Gasteiger partial charge in [-0.1, -0.05) is 12.1 Å². The molecule has 1 rings (SSSR count). The van der Waals surface area contributed by atoms with Crippen LogP contribution in [0.2, 0.25) is 0 Å². The SMILES string of the molecule is OC(CCl)COc1ccccc1Br. The first-order valence-electron chi connectivity index (χ1n) is 3.85. The van der Waals surface area contributed by atoms with Crippen molar-refractivity contribution in [2.75, 3.05) is 12.5 Å². The van der Waals surface area contributed by atoms with Crippen LogP contribution in [0.4, 0.5) is 0 Å². The average Bonchev–Trinajstić information content (AvgIpc) is 2.16. The van der Waals surface area contributed by atoms with E-state index in [1.54, 1.807) is 0 Å². The Morgan fingerprint density at radius 2 is 2.15 bits per heavy atom. The van der Waals surface area contributed by atoms with E-state index in [1.165, 1.54) is 0 Å². The summed E-state index contributed by atoms with van der Waals surface area (Å²) in [5, 5.41) is 9.14. The van der Waals surface area contributed by atoms with Crippen LogP contribution < -0.4 is 4.74 Å². The van der Waals surface area contributed by atoms with Crippen molar-refractivity contribution in [1.82, 2.24) is 0 Å². The predicted octanol–water partition coefficient (Wildman–Crippen LogP) is 2.43. The number of aliphatic hydroxyl groups excluding tert-OH is 1. The van der Waals surface area contributed by atoms with Crippen LogP contribution >= 0.6 is 27.5 Å². The maximum Gasteiger partial charge on any atom is 0.133 e. The molecule has 1 unspecified atom stereocenters. The van der Waals surface area contributed by atoms with Gasteiger partial charge >= 0.3 is 0 Å². The van der Waals surface area contributed by atoms with Gasteiger partial charge in [0.25, 0.3) is 0 Å². The summed E-state index contributed by atoms with van der Waals surface area (Å²) >= 11 is 8.74. The van der Waals surface area contributed by atoms with Crippen LogP contribution in [0.25, 0.3) is 0 Å². The van der Waals surface area contributed by atoms with Gasteiger partial charge in [-0.05, 0) is 28.1 Å². The summed E-state index contributed by atoms with van der Waals surface area (Å²) < 4.78 is 6.18. The molecular formula is C9H10BrClO2. The van der Waals surface area contributed by atoms with Crippen LogP contribution in [0, 0.1) is 0 Å². The number of para-hydroxylation sites is 1. The highest BCUT2D eigenvalue weighted by Gasteiger charge is 2.04. The fraction of sp³-hybridized carbons (Fsp3) is 0.333. The molecular weight excluding hydrogens is 255 g/mol. The molecule has 1 aromatic rings. The van der Waals surface area contributed by atoms with E-state index >= 15 is 0 Å². The van der Waals surface area contributed by atoms with Crippen LogP contribution in [0.15, 0.2) is 28.7 Å². The minimum absolute atomic E-state index is 0.185. The molecule has 0 fully saturated rings. The molecule has 0 aliphatic rings. The number of benzene rings is 1. The minimum atomic E-state index is -0.617. The molecule has 0 saturated carbocycles. The molecule has 0 aromatic heterocycles. The van der Waals surface area contributed by atoms with Gasteiger partial charge in [0, 0.05) is 0 Å². The zero-order valence-electron chi connectivity index (χ0n) is 6.91. The molecule has 1 aromatic carbocycles. The molecule has 4 heteroatoms. The first kappa shape index (κ1) is 10.8. The number of rotatable bonds is 4. The second-order valence-corrected chi connectivity index (χ2v) is 3.71. The lowest BCUT2D eigenvalue weighted by atomic mass is 10.3. The Hall–Kier alpha value is -0.250. The van der Waals surface area contributed by atoms with Gasteiger partial charge in [-0.25, -0.2) is 0 Å². The van der Waals surface area contributed by atoms with Gasteiger partial charge in [0.2, 0.25) is 0 Å². The summed E-state index contributed by atoms with van der Waals surface area (Å²) in [6.07, 6.45) is -0.617. The zero-order valence-corrected chi connectivity index (χ0v) is 9.25. The molecule has 0 aliphatic heterocycles. The lowest BCUT2D eigenvalue weighted by Crippen LogP contribution is -2.18. The Kier molecular flexibility index (Phi) is 4.56. The summed E-state index contributed by atoms with van der Waals surface area (Å²) in [5.74, 6) is 0.899. The fourth-order valence-electron chi connectivity index (χ4n) is 0.792. The maximum absolute atomic E-state index is 9.14. The fourth-order valence-corrected chi connectivity index (χ4v) is 1.28. The third kappa shape index (κ3) is 3.55. The van der Waals surface area contributed by atoms with Crippen molar-refractivity contribution in [1.29, 1.82) is 0 Å². The molecule has 0 bridgehead atoms. The van der Waals surface area contributed by atoms with Gasteiger partial charge in [0.05, 0.1) is 10.4 Å². The minimum Gasteiger partial charge on any atom is -0.490 e. The van der Waals surface area contributed by atoms with E-state index < -0.39 is 6.10 Å². The summed E-state index contributed by atoms with van der Waals surface area (Å²) in [6.45, 7) is 0.214. The summed E-state index contributed by atoms with van der Waals surface area (Å²) in [4.78, 5) is 0. The van der Waals surface area contributed by atoms with Crippen LogP contribution in [0.1, 0.15) is 0 Å². The van der Waals surface area contributed by atoms with Crippen LogP contribution in [-0.2, 0) is 0 Å². The van der Waals surface area contributed by atoms with Gasteiger partial charge in [-0.2, -0.15) is 0 Å². The van der Waals surface area contributed by atoms with Gasteiger partial charge in [-0.15, -0.1) is 11.6 Å². The van der Waals surface area contributed by atoms with E-state index in [0.717, 1.165) is 4.47 Å². The van der Waals surface area contributed by atoms with Crippen molar-refractivity contribution in [2.24, 2.45) is 0 Å². The van der Waals surface area contributed by atoms with Gasteiger partial charge in [0.15, 0.2) is 0 Å². The largest absolute Gasteiger partial charge is 0.490 e. The van der Waals surface area contributed by atoms with E-state index in [4.69, 9.17) is 21.4 Å². The molecule has 0 amide bonds. The van der Waals surface area contributed by atoms with Crippen molar-refractivity contribution in [3.8, 4) is 5.75 Å². The topological polar surface area (TPSA) is 29.5 Å². The second kappa shape index (κ2) is 5.47. The zero-order chi connectivity index (χ0) is 9.68. The molecule has 1 atom stereocenters. The molecule has 1 N–H and O–H groups in total. The van der Waals surface area contributed by atoms with Crippen molar-refractivity contribution in [3.63, 3.8) is 0 Å². The Balaban J connectivity index is 2.50. The van der Waals surface area contributed by atoms with E-state index in [1.807, 2.05) is 24.3 Å². The molecule has 0 radical (unpaired) electrons. The summed E-state index contributed by atoms with van der Waals surface area (Å²) in [7, 11) is 0. The van der Waals surface area contributed by atoms with Gasteiger partial charge in [-0.3, -0.25) is 0 Å². The molecule has 0 spiro atoms. The number of alkyl halides is 1. The Bertz CT molecular complexity index is 268. The normalized spacial score (nSPS) is 12.5. The van der Waals surface area contributed by atoms with Crippen molar-refractivity contribution < 1.29 is 9.84 Å². The third-order valence-corrected chi connectivity index (χ3v) is 2.46. The smallest absolute Gasteiger partial charge is 0.133 e. The van der Waals surface area contributed by atoms with Gasteiger partial charge in [0.1, 0.15) is 18.5 Å². The van der Waals surface area contributed by atoms with Crippen molar-refractivity contribution >= 4 is 27.5 Å². The van der Waals surface area contributed by atoms with Crippen molar-refractivity contribution in [3.05, 3.63) is 28.7 Å². The van der Waals surface area contributed by atoms with E-state index in [0.29, 0.717) is 5.75 Å². The van der Waals surface area contributed by atoms with Crippen LogP contribution in [0.5, 0.6) is 5.75 Å².